The molecule has 3 aromatic carbocycles. The molecular weight excluding hydrogens is 617 g/mol. The maximum atomic E-state index is 14.2. The van der Waals surface area contributed by atoms with Gasteiger partial charge in [0.15, 0.2) is 4.80 Å². The molecule has 1 atom stereocenters. The largest absolute Gasteiger partial charge is 0.497 e. The first-order valence-corrected chi connectivity index (χ1v) is 15.6. The lowest BCUT2D eigenvalue weighted by molar-refractivity contribution is -0.143. The van der Waals surface area contributed by atoms with Gasteiger partial charge in [0.25, 0.3) is 5.56 Å². The van der Waals surface area contributed by atoms with Crippen LogP contribution in [0.1, 0.15) is 43.5 Å². The van der Waals surface area contributed by atoms with Crippen LogP contribution in [0, 0.1) is 0 Å². The van der Waals surface area contributed by atoms with Gasteiger partial charge in [-0.05, 0) is 68.3 Å². The molecule has 3 heterocycles. The minimum Gasteiger partial charge on any atom is -0.497 e. The monoisotopic (exact) mass is 645 g/mol. The second-order valence-corrected chi connectivity index (χ2v) is 12.6. The number of hydrogen-bond donors (Lipinski definition) is 0. The minimum atomic E-state index is -0.709. The molecule has 0 saturated heterocycles. The Labute approximate surface area is 267 Å². The summed E-state index contributed by atoms with van der Waals surface area (Å²) >= 11 is 13.9. The number of fused-ring (bicyclic) bond motifs is 2. The molecule has 2 aromatic heterocycles. The van der Waals surface area contributed by atoms with Crippen LogP contribution in [0.2, 0.25) is 10.0 Å². The molecule has 44 heavy (non-hydrogen) atoms. The first kappa shape index (κ1) is 29.9. The second kappa shape index (κ2) is 12.1. The molecule has 5 aromatic rings. The molecule has 1 unspecified atom stereocenters. The van der Waals surface area contributed by atoms with Gasteiger partial charge in [-0.15, -0.1) is 0 Å². The van der Waals surface area contributed by atoms with Crippen LogP contribution in [0.5, 0.6) is 5.75 Å². The number of methoxy groups -OCH3 is 1. The Morgan fingerprint density at radius 1 is 1.09 bits per heavy atom. The summed E-state index contributed by atoms with van der Waals surface area (Å²) in [5.41, 5.74) is 4.17. The number of thiazole rings is 1. The van der Waals surface area contributed by atoms with Gasteiger partial charge >= 0.3 is 5.97 Å². The number of allylic oxidation sites excluding steroid dienone is 1. The van der Waals surface area contributed by atoms with E-state index in [1.165, 1.54) is 11.3 Å². The van der Waals surface area contributed by atoms with Crippen LogP contribution >= 0.6 is 34.5 Å². The van der Waals surface area contributed by atoms with Crippen molar-refractivity contribution in [1.29, 1.82) is 0 Å². The van der Waals surface area contributed by atoms with Crippen molar-refractivity contribution in [2.24, 2.45) is 4.99 Å². The second-order valence-electron chi connectivity index (χ2n) is 10.8. The van der Waals surface area contributed by atoms with Crippen LogP contribution in [-0.4, -0.2) is 28.3 Å². The maximum absolute atomic E-state index is 14.2. The number of ether oxygens (including phenoxy) is 2. The standard InChI is InChI=1S/C34H29Cl2N3O4S/c1-19(2)43-33(41)30-20(3)37-34-39(31(30)21-10-13-25(42-4)14-11-21)32(40)29(44-34)15-23-18-38(28-8-6-5-7-26(23)28)17-22-9-12-24(35)16-27(22)36/h5-16,18-19,31H,17H2,1-4H3/b29-15+. The summed E-state index contributed by atoms with van der Waals surface area (Å²) in [7, 11) is 1.59. The van der Waals surface area contributed by atoms with E-state index in [4.69, 9.17) is 37.7 Å². The molecule has 0 spiro atoms. The lowest BCUT2D eigenvalue weighted by Gasteiger charge is -2.25. The van der Waals surface area contributed by atoms with Crippen LogP contribution < -0.4 is 19.6 Å². The molecule has 1 aliphatic rings. The Balaban J connectivity index is 1.50. The number of nitrogens with zero attached hydrogens (tertiary/aromatic N) is 3. The number of halogens is 2. The van der Waals surface area contributed by atoms with Crippen LogP contribution in [0.4, 0.5) is 0 Å². The van der Waals surface area contributed by atoms with Gasteiger partial charge in [0.1, 0.15) is 5.75 Å². The third kappa shape index (κ3) is 5.61. The Hall–Kier alpha value is -4.11. The molecule has 1 aliphatic heterocycles. The van der Waals surface area contributed by atoms with Crippen molar-refractivity contribution in [3.05, 3.63) is 131 Å². The smallest absolute Gasteiger partial charge is 0.338 e. The highest BCUT2D eigenvalue weighted by atomic mass is 35.5. The number of hydrogen-bond acceptors (Lipinski definition) is 6. The molecule has 224 valence electrons. The van der Waals surface area contributed by atoms with Crippen LogP contribution in [0.15, 0.2) is 94.0 Å². The van der Waals surface area contributed by atoms with Gasteiger partial charge in [0, 0.05) is 39.3 Å². The van der Waals surface area contributed by atoms with Gasteiger partial charge in [-0.3, -0.25) is 9.36 Å². The molecule has 6 rings (SSSR count). The fourth-order valence-corrected chi connectivity index (χ4v) is 6.96. The molecule has 0 bridgehead atoms. The van der Waals surface area contributed by atoms with Crippen molar-refractivity contribution in [3.8, 4) is 5.75 Å². The van der Waals surface area contributed by atoms with Gasteiger partial charge in [0.05, 0.1) is 35.1 Å². The summed E-state index contributed by atoms with van der Waals surface area (Å²) in [6.45, 7) is 5.90. The summed E-state index contributed by atoms with van der Waals surface area (Å²) < 4.78 is 15.2. The van der Waals surface area contributed by atoms with Gasteiger partial charge in [-0.2, -0.15) is 0 Å². The average Bonchev–Trinajstić information content (AvgIpc) is 3.49. The first-order chi connectivity index (χ1) is 21.1. The maximum Gasteiger partial charge on any atom is 0.338 e. The van der Waals surface area contributed by atoms with Gasteiger partial charge in [-0.25, -0.2) is 9.79 Å². The molecule has 0 aliphatic carbocycles. The lowest BCUT2D eigenvalue weighted by Crippen LogP contribution is -2.40. The van der Waals surface area contributed by atoms with E-state index in [2.05, 4.69) is 4.57 Å². The zero-order valence-corrected chi connectivity index (χ0v) is 26.8. The van der Waals surface area contributed by atoms with E-state index in [9.17, 15) is 9.59 Å². The van der Waals surface area contributed by atoms with Crippen LogP contribution in [0.3, 0.4) is 0 Å². The van der Waals surface area contributed by atoms with Crippen molar-refractivity contribution >= 4 is 57.5 Å². The number of carbonyl (C=O) groups excluding carboxylic acids is 1. The summed E-state index contributed by atoms with van der Waals surface area (Å²) in [5.74, 6) is 0.171. The number of aromatic nitrogens is 2. The summed E-state index contributed by atoms with van der Waals surface area (Å²) in [4.78, 5) is 32.8. The fraction of sp³-hybridized carbons (Fsp3) is 0.206. The SMILES string of the molecule is COc1ccc(C2C(C(=O)OC(C)C)=C(C)N=c3s/c(=C/c4cn(Cc5ccc(Cl)cc5Cl)c5ccccc45)c(=O)n32)cc1. The highest BCUT2D eigenvalue weighted by Crippen LogP contribution is 2.32. The summed E-state index contributed by atoms with van der Waals surface area (Å²) in [6, 6.07) is 20.1. The molecule has 0 fully saturated rings. The Kier molecular flexibility index (Phi) is 8.24. The van der Waals surface area contributed by atoms with Gasteiger partial charge < -0.3 is 14.0 Å². The highest BCUT2D eigenvalue weighted by molar-refractivity contribution is 7.07. The normalized spacial score (nSPS) is 15.1. The fourth-order valence-electron chi connectivity index (χ4n) is 5.46. The molecule has 0 N–H and O–H groups in total. The topological polar surface area (TPSA) is 74.8 Å². The zero-order chi connectivity index (χ0) is 31.1. The number of esters is 1. The van der Waals surface area contributed by atoms with E-state index in [0.717, 1.165) is 27.6 Å². The van der Waals surface area contributed by atoms with Crippen LogP contribution in [0.25, 0.3) is 17.0 Å². The van der Waals surface area contributed by atoms with Crippen molar-refractivity contribution in [2.75, 3.05) is 7.11 Å². The zero-order valence-electron chi connectivity index (χ0n) is 24.5. The Morgan fingerprint density at radius 3 is 2.55 bits per heavy atom. The predicted octanol–water partition coefficient (Wildman–Crippen LogP) is 6.51. The number of benzene rings is 3. The van der Waals surface area contributed by atoms with Crippen LogP contribution in [-0.2, 0) is 16.1 Å². The first-order valence-electron chi connectivity index (χ1n) is 14.0. The van der Waals surface area contributed by atoms with Crippen molar-refractivity contribution < 1.29 is 14.3 Å². The molecule has 7 nitrogen and oxygen atoms in total. The highest BCUT2D eigenvalue weighted by Gasteiger charge is 2.33. The third-order valence-electron chi connectivity index (χ3n) is 7.48. The van der Waals surface area contributed by atoms with Gasteiger partial charge in [0.2, 0.25) is 0 Å². The van der Waals surface area contributed by atoms with Crippen molar-refractivity contribution in [3.63, 3.8) is 0 Å². The van der Waals surface area contributed by atoms with E-state index >= 15 is 0 Å². The summed E-state index contributed by atoms with van der Waals surface area (Å²) in [6.07, 6.45) is 3.58. The molecule has 0 radical (unpaired) electrons. The predicted molar refractivity (Wildman–Crippen MR) is 175 cm³/mol. The molecule has 0 saturated carbocycles. The van der Waals surface area contributed by atoms with Crippen molar-refractivity contribution in [1.82, 2.24) is 9.13 Å². The van der Waals surface area contributed by atoms with E-state index in [1.54, 1.807) is 38.5 Å². The van der Waals surface area contributed by atoms with E-state index < -0.39 is 12.0 Å². The number of rotatable bonds is 7. The minimum absolute atomic E-state index is 0.241. The van der Waals surface area contributed by atoms with Gasteiger partial charge in [-0.1, -0.05) is 70.9 Å². The van der Waals surface area contributed by atoms with E-state index in [-0.39, 0.29) is 11.7 Å². The quantitative estimate of drug-likeness (QED) is 0.189. The molecular formula is C34H29Cl2N3O4S. The third-order valence-corrected chi connectivity index (χ3v) is 9.05. The van der Waals surface area contributed by atoms with E-state index in [0.29, 0.717) is 42.9 Å². The average molecular weight is 647 g/mol. The number of carbonyl (C=O) groups is 1. The Morgan fingerprint density at radius 2 is 1.84 bits per heavy atom. The molecule has 0 amide bonds. The lowest BCUT2D eigenvalue weighted by atomic mass is 9.96. The van der Waals surface area contributed by atoms with E-state index in [1.807, 2.05) is 72.9 Å². The van der Waals surface area contributed by atoms with Crippen molar-refractivity contribution in [2.45, 2.75) is 39.5 Å². The Bertz CT molecular complexity index is 2120. The summed E-state index contributed by atoms with van der Waals surface area (Å²) in [5, 5.41) is 2.16. The number of para-hydroxylation sites is 1. The molecule has 10 heteroatoms.